The molecule has 1 aliphatic carbocycles. The second-order valence-corrected chi connectivity index (χ2v) is 6.38. The van der Waals surface area contributed by atoms with Crippen LogP contribution in [0.5, 0.6) is 0 Å². The second-order valence-electron chi connectivity index (χ2n) is 6.38. The first kappa shape index (κ1) is 17.9. The highest BCUT2D eigenvalue weighted by atomic mass is 16.5. The molecule has 0 aromatic heterocycles. The molecule has 1 saturated carbocycles. The molecule has 3 nitrogen and oxygen atoms in total. The molecule has 2 heterocycles. The van der Waals surface area contributed by atoms with Crippen molar-refractivity contribution in [1.82, 2.24) is 9.80 Å². The molecule has 3 aliphatic rings. The number of piperidine rings is 1. The summed E-state index contributed by atoms with van der Waals surface area (Å²) in [5, 5.41) is 0. The van der Waals surface area contributed by atoms with Crippen molar-refractivity contribution in [1.29, 1.82) is 0 Å². The summed E-state index contributed by atoms with van der Waals surface area (Å²) in [5.41, 5.74) is 0.828. The van der Waals surface area contributed by atoms with Gasteiger partial charge in [-0.25, -0.2) is 0 Å². The Morgan fingerprint density at radius 2 is 1.85 bits per heavy atom. The van der Waals surface area contributed by atoms with Crippen LogP contribution in [0.2, 0.25) is 0 Å². The third kappa shape index (κ3) is 5.71. The third-order valence-corrected chi connectivity index (χ3v) is 4.83. The lowest BCUT2D eigenvalue weighted by Gasteiger charge is -2.31. The number of methoxy groups -OCH3 is 1. The van der Waals surface area contributed by atoms with E-state index in [1.54, 1.807) is 7.11 Å². The Morgan fingerprint density at radius 3 is 2.25 bits per heavy atom. The van der Waals surface area contributed by atoms with Crippen LogP contribution in [0.4, 0.5) is 0 Å². The first-order valence-electron chi connectivity index (χ1n) is 8.61. The molecule has 120 valence electrons. The predicted molar refractivity (Wildman–Crippen MR) is 87.3 cm³/mol. The monoisotopic (exact) mass is 284 g/mol. The Bertz CT molecular complexity index is 253. The van der Waals surface area contributed by atoms with Gasteiger partial charge in [0.05, 0.1) is 6.10 Å². The molecular weight excluding hydrogens is 248 g/mol. The highest BCUT2D eigenvalue weighted by molar-refractivity contribution is 4.97. The molecule has 0 bridgehead atoms. The summed E-state index contributed by atoms with van der Waals surface area (Å²) in [7, 11) is 3.91. The number of hydrogen-bond donors (Lipinski definition) is 0. The molecule has 1 spiro atoms. The van der Waals surface area contributed by atoms with E-state index in [2.05, 4.69) is 23.8 Å². The van der Waals surface area contributed by atoms with E-state index in [1.807, 2.05) is 13.8 Å². The van der Waals surface area contributed by atoms with E-state index in [-0.39, 0.29) is 0 Å². The van der Waals surface area contributed by atoms with Crippen LogP contribution in [-0.4, -0.2) is 62.8 Å². The fourth-order valence-corrected chi connectivity index (χ4v) is 3.25. The van der Waals surface area contributed by atoms with Gasteiger partial charge in [-0.3, -0.25) is 0 Å². The third-order valence-electron chi connectivity index (χ3n) is 4.83. The highest BCUT2D eigenvalue weighted by Crippen LogP contribution is 2.51. The average molecular weight is 284 g/mol. The summed E-state index contributed by atoms with van der Waals surface area (Å²) < 4.78 is 5.14. The summed E-state index contributed by atoms with van der Waals surface area (Å²) >= 11 is 0. The Hall–Kier alpha value is -0.120. The number of hydrogen-bond acceptors (Lipinski definition) is 3. The van der Waals surface area contributed by atoms with Crippen molar-refractivity contribution >= 4 is 0 Å². The van der Waals surface area contributed by atoms with Crippen molar-refractivity contribution in [3.05, 3.63) is 0 Å². The van der Waals surface area contributed by atoms with Gasteiger partial charge in [-0.2, -0.15) is 0 Å². The molecule has 0 aromatic rings. The van der Waals surface area contributed by atoms with Gasteiger partial charge in [0, 0.05) is 26.7 Å². The minimum atomic E-state index is 0.500. The topological polar surface area (TPSA) is 15.7 Å². The number of nitrogens with zero attached hydrogens (tertiary/aromatic N) is 2. The second kappa shape index (κ2) is 9.01. The lowest BCUT2D eigenvalue weighted by atomic mass is 9.95. The fraction of sp³-hybridized carbons (Fsp3) is 1.00. The van der Waals surface area contributed by atoms with E-state index in [0.717, 1.165) is 12.0 Å². The van der Waals surface area contributed by atoms with E-state index in [9.17, 15) is 0 Å². The number of ether oxygens (including phenoxy) is 1. The zero-order valence-corrected chi connectivity index (χ0v) is 14.5. The quantitative estimate of drug-likeness (QED) is 0.774. The Balaban J connectivity index is 0.000000182. The van der Waals surface area contributed by atoms with Gasteiger partial charge in [0.1, 0.15) is 0 Å². The summed E-state index contributed by atoms with van der Waals surface area (Å²) in [4.78, 5) is 4.89. The van der Waals surface area contributed by atoms with Crippen LogP contribution in [0.3, 0.4) is 0 Å². The molecule has 3 rings (SSSR count). The molecule has 0 amide bonds. The van der Waals surface area contributed by atoms with Crippen LogP contribution in [0.1, 0.15) is 52.9 Å². The maximum absolute atomic E-state index is 5.14. The zero-order valence-electron chi connectivity index (χ0n) is 14.5. The molecule has 2 aliphatic heterocycles. The molecule has 20 heavy (non-hydrogen) atoms. The van der Waals surface area contributed by atoms with E-state index in [0.29, 0.717) is 6.10 Å². The lowest BCUT2D eigenvalue weighted by Crippen LogP contribution is -2.36. The van der Waals surface area contributed by atoms with E-state index in [4.69, 9.17) is 4.74 Å². The summed E-state index contributed by atoms with van der Waals surface area (Å²) in [5.74, 6) is 0. The molecule has 0 radical (unpaired) electrons. The smallest absolute Gasteiger partial charge is 0.0710 e. The largest absolute Gasteiger partial charge is 0.380 e. The maximum atomic E-state index is 5.14. The van der Waals surface area contributed by atoms with Gasteiger partial charge in [-0.1, -0.05) is 20.8 Å². The van der Waals surface area contributed by atoms with Crippen molar-refractivity contribution in [3.8, 4) is 0 Å². The van der Waals surface area contributed by atoms with Gasteiger partial charge >= 0.3 is 0 Å². The number of likely N-dealkylation sites (N-methyl/N-ethyl adjacent to an activating group) is 1. The van der Waals surface area contributed by atoms with Gasteiger partial charge in [-0.05, 0) is 57.7 Å². The first-order valence-corrected chi connectivity index (χ1v) is 8.61. The van der Waals surface area contributed by atoms with Gasteiger partial charge in [0.2, 0.25) is 0 Å². The molecule has 0 aromatic carbocycles. The molecule has 3 fully saturated rings. The van der Waals surface area contributed by atoms with Crippen molar-refractivity contribution in [2.75, 3.05) is 46.9 Å². The van der Waals surface area contributed by atoms with Crippen molar-refractivity contribution in [2.24, 2.45) is 5.41 Å². The van der Waals surface area contributed by atoms with Crippen LogP contribution < -0.4 is 0 Å². The zero-order chi connectivity index (χ0) is 15.0. The van der Waals surface area contributed by atoms with Crippen LogP contribution in [-0.2, 0) is 4.74 Å². The molecule has 0 N–H and O–H groups in total. The minimum Gasteiger partial charge on any atom is -0.380 e. The highest BCUT2D eigenvalue weighted by Gasteiger charge is 2.44. The summed E-state index contributed by atoms with van der Waals surface area (Å²) in [6.07, 6.45) is 7.71. The summed E-state index contributed by atoms with van der Waals surface area (Å²) in [6.45, 7) is 12.6. The lowest BCUT2D eigenvalue weighted by molar-refractivity contribution is 0.111. The molecule has 3 heteroatoms. The molecule has 1 atom stereocenters. The van der Waals surface area contributed by atoms with Crippen LogP contribution in [0.15, 0.2) is 0 Å². The Labute approximate surface area is 126 Å². The molecule has 1 unspecified atom stereocenters. The Kier molecular flexibility index (Phi) is 8.08. The first-order chi connectivity index (χ1) is 9.67. The van der Waals surface area contributed by atoms with Crippen LogP contribution in [0, 0.1) is 5.41 Å². The van der Waals surface area contributed by atoms with E-state index in [1.165, 1.54) is 58.3 Å². The standard InChI is InChI=1S/C9H17N.C6H13NO.C2H6/c1-2-10-7-3-4-9(8-10)5-6-9;1-7-4-3-6(5-7)8-2;1-2/h2-8H2,1H3;6H,3-5H2,1-2H3;1-2H3. The fourth-order valence-electron chi connectivity index (χ4n) is 3.25. The van der Waals surface area contributed by atoms with Gasteiger partial charge < -0.3 is 14.5 Å². The van der Waals surface area contributed by atoms with Gasteiger partial charge in [0.25, 0.3) is 0 Å². The Morgan fingerprint density at radius 1 is 1.15 bits per heavy atom. The number of rotatable bonds is 2. The average Bonchev–Trinajstić information content (AvgIpc) is 3.09. The van der Waals surface area contributed by atoms with Crippen molar-refractivity contribution in [2.45, 2.75) is 59.0 Å². The SMILES string of the molecule is CC.CCN1CCCC2(CC2)C1.COC1CCN(C)C1. The predicted octanol–water partition coefficient (Wildman–Crippen LogP) is 3.25. The molecule has 2 saturated heterocycles. The van der Waals surface area contributed by atoms with Gasteiger partial charge in [-0.15, -0.1) is 0 Å². The van der Waals surface area contributed by atoms with Crippen molar-refractivity contribution in [3.63, 3.8) is 0 Å². The van der Waals surface area contributed by atoms with Crippen LogP contribution in [0.25, 0.3) is 0 Å². The maximum Gasteiger partial charge on any atom is 0.0710 e. The van der Waals surface area contributed by atoms with E-state index < -0.39 is 0 Å². The minimum absolute atomic E-state index is 0.500. The number of likely N-dealkylation sites (tertiary alicyclic amines) is 2. The molecular formula is C17H36N2O. The van der Waals surface area contributed by atoms with Gasteiger partial charge in [0.15, 0.2) is 0 Å². The normalized spacial score (nSPS) is 28.4. The van der Waals surface area contributed by atoms with E-state index >= 15 is 0 Å². The van der Waals surface area contributed by atoms with Crippen molar-refractivity contribution < 1.29 is 4.74 Å². The summed E-state index contributed by atoms with van der Waals surface area (Å²) in [6, 6.07) is 0. The van der Waals surface area contributed by atoms with Crippen LogP contribution >= 0.6 is 0 Å².